The van der Waals surface area contributed by atoms with Gasteiger partial charge in [0.25, 0.3) is 5.91 Å². The number of carbonyl (C=O) groups is 1. The first-order chi connectivity index (χ1) is 11.5. The van der Waals surface area contributed by atoms with Crippen molar-refractivity contribution in [1.29, 1.82) is 0 Å². The quantitative estimate of drug-likeness (QED) is 0.834. The van der Waals surface area contributed by atoms with Crippen LogP contribution in [0.5, 0.6) is 0 Å². The third-order valence-electron chi connectivity index (χ3n) is 4.09. The van der Waals surface area contributed by atoms with Crippen LogP contribution in [-0.2, 0) is 11.3 Å². The average molecular weight is 335 g/mol. The van der Waals surface area contributed by atoms with Crippen LogP contribution in [-0.4, -0.2) is 18.5 Å². The summed E-state index contributed by atoms with van der Waals surface area (Å²) in [4.78, 5) is 13.2. The minimum atomic E-state index is -0.670. The molecule has 2 N–H and O–H groups in total. The van der Waals surface area contributed by atoms with E-state index in [1.54, 1.807) is 12.1 Å². The molecule has 2 aromatic carbocycles. The highest BCUT2D eigenvalue weighted by Crippen LogP contribution is 2.17. The standard InChI is InChI=1S/C18H17F3N2O/c19-13-3-1-12(2-4-13)10-23(15-6-7-15)11-18(24)22-17-9-14(20)5-8-16(17)21/h1-5,8-9,15H,6-7,10-11H2,(H,22,24)/p+1. The zero-order valence-corrected chi connectivity index (χ0v) is 13.0. The van der Waals surface area contributed by atoms with Crippen LogP contribution in [0.25, 0.3) is 0 Å². The molecule has 0 saturated heterocycles. The Balaban J connectivity index is 1.63. The van der Waals surface area contributed by atoms with Crippen molar-refractivity contribution in [2.24, 2.45) is 0 Å². The van der Waals surface area contributed by atoms with Gasteiger partial charge in [0.2, 0.25) is 0 Å². The lowest BCUT2D eigenvalue weighted by atomic mass is 10.2. The van der Waals surface area contributed by atoms with E-state index in [0.717, 1.165) is 41.5 Å². The molecule has 6 heteroatoms. The molecule has 0 bridgehead atoms. The molecular weight excluding hydrogens is 317 g/mol. The van der Waals surface area contributed by atoms with E-state index in [4.69, 9.17) is 0 Å². The molecule has 1 aliphatic rings. The molecule has 0 aromatic heterocycles. The van der Waals surface area contributed by atoms with E-state index in [1.807, 2.05) is 0 Å². The molecule has 1 aliphatic carbocycles. The minimum absolute atomic E-state index is 0.151. The van der Waals surface area contributed by atoms with Gasteiger partial charge in [0, 0.05) is 24.5 Å². The maximum absolute atomic E-state index is 13.6. The predicted octanol–water partition coefficient (Wildman–Crippen LogP) is 2.29. The summed E-state index contributed by atoms with van der Waals surface area (Å²) in [7, 11) is 0. The number of hydrogen-bond donors (Lipinski definition) is 2. The molecule has 0 radical (unpaired) electrons. The zero-order chi connectivity index (χ0) is 17.1. The molecule has 3 rings (SSSR count). The normalized spacial score (nSPS) is 15.1. The number of rotatable bonds is 6. The fourth-order valence-corrected chi connectivity index (χ4v) is 2.70. The highest BCUT2D eigenvalue weighted by molar-refractivity contribution is 5.91. The first-order valence-corrected chi connectivity index (χ1v) is 7.85. The van der Waals surface area contributed by atoms with Gasteiger partial charge in [0.05, 0.1) is 11.7 Å². The van der Waals surface area contributed by atoms with Crippen molar-refractivity contribution < 1.29 is 22.9 Å². The molecule has 126 valence electrons. The van der Waals surface area contributed by atoms with Gasteiger partial charge in [-0.1, -0.05) is 12.1 Å². The SMILES string of the molecule is O=C(C[NH+](Cc1ccc(F)cc1)C1CC1)Nc1cc(F)ccc1F. The molecule has 24 heavy (non-hydrogen) atoms. The average Bonchev–Trinajstić information content (AvgIpc) is 3.37. The Bertz CT molecular complexity index is 730. The zero-order valence-electron chi connectivity index (χ0n) is 13.0. The maximum Gasteiger partial charge on any atom is 0.279 e. The minimum Gasteiger partial charge on any atom is -0.321 e. The van der Waals surface area contributed by atoms with Crippen LogP contribution >= 0.6 is 0 Å². The third-order valence-corrected chi connectivity index (χ3v) is 4.09. The fraction of sp³-hybridized carbons (Fsp3) is 0.278. The van der Waals surface area contributed by atoms with Crippen molar-refractivity contribution in [1.82, 2.24) is 0 Å². The lowest BCUT2D eigenvalue weighted by Gasteiger charge is -2.19. The van der Waals surface area contributed by atoms with Gasteiger partial charge in [-0.2, -0.15) is 0 Å². The Morgan fingerprint density at radius 1 is 1.04 bits per heavy atom. The summed E-state index contributed by atoms with van der Waals surface area (Å²) in [6, 6.07) is 9.49. The number of benzene rings is 2. The molecular formula is C18H18F3N2O+. The lowest BCUT2D eigenvalue weighted by molar-refractivity contribution is -0.916. The largest absolute Gasteiger partial charge is 0.321 e. The van der Waals surface area contributed by atoms with Crippen molar-refractivity contribution in [2.75, 3.05) is 11.9 Å². The highest BCUT2D eigenvalue weighted by Gasteiger charge is 2.34. The van der Waals surface area contributed by atoms with Crippen molar-refractivity contribution in [3.63, 3.8) is 0 Å². The van der Waals surface area contributed by atoms with Crippen molar-refractivity contribution in [3.8, 4) is 0 Å². The van der Waals surface area contributed by atoms with E-state index in [9.17, 15) is 18.0 Å². The van der Waals surface area contributed by atoms with Gasteiger partial charge >= 0.3 is 0 Å². The number of amides is 1. The van der Waals surface area contributed by atoms with Gasteiger partial charge in [0.1, 0.15) is 24.0 Å². The number of carbonyl (C=O) groups excluding carboxylic acids is 1. The topological polar surface area (TPSA) is 33.5 Å². The second-order valence-electron chi connectivity index (χ2n) is 6.08. The van der Waals surface area contributed by atoms with Gasteiger partial charge in [0.15, 0.2) is 6.54 Å². The molecule has 1 saturated carbocycles. The Hall–Kier alpha value is -2.34. The van der Waals surface area contributed by atoms with E-state index in [-0.39, 0.29) is 24.0 Å². The molecule has 0 spiro atoms. The van der Waals surface area contributed by atoms with Crippen molar-refractivity contribution >= 4 is 11.6 Å². The van der Waals surface area contributed by atoms with Crippen LogP contribution in [0.2, 0.25) is 0 Å². The Kier molecular flexibility index (Phi) is 4.85. The van der Waals surface area contributed by atoms with E-state index < -0.39 is 11.6 Å². The second-order valence-corrected chi connectivity index (χ2v) is 6.08. The van der Waals surface area contributed by atoms with Crippen LogP contribution in [0.3, 0.4) is 0 Å². The van der Waals surface area contributed by atoms with Crippen LogP contribution in [0.1, 0.15) is 18.4 Å². The number of quaternary nitrogens is 1. The van der Waals surface area contributed by atoms with E-state index >= 15 is 0 Å². The first kappa shape index (κ1) is 16.5. The Labute approximate surface area is 138 Å². The lowest BCUT2D eigenvalue weighted by Crippen LogP contribution is -3.13. The van der Waals surface area contributed by atoms with Crippen LogP contribution in [0.15, 0.2) is 42.5 Å². The van der Waals surface area contributed by atoms with Crippen LogP contribution in [0.4, 0.5) is 18.9 Å². The molecule has 0 aliphatic heterocycles. The van der Waals surface area contributed by atoms with E-state index in [0.29, 0.717) is 12.6 Å². The summed E-state index contributed by atoms with van der Waals surface area (Å²) in [5.41, 5.74) is 0.778. The molecule has 1 atom stereocenters. The fourth-order valence-electron chi connectivity index (χ4n) is 2.70. The summed E-state index contributed by atoms with van der Waals surface area (Å²) in [5.74, 6) is -1.95. The number of halogens is 3. The van der Waals surface area contributed by atoms with E-state index in [1.165, 1.54) is 12.1 Å². The van der Waals surface area contributed by atoms with Crippen molar-refractivity contribution in [3.05, 3.63) is 65.5 Å². The second kappa shape index (κ2) is 7.05. The molecule has 3 nitrogen and oxygen atoms in total. The monoisotopic (exact) mass is 335 g/mol. The van der Waals surface area contributed by atoms with Gasteiger partial charge in [-0.15, -0.1) is 0 Å². The molecule has 1 fully saturated rings. The molecule has 1 amide bonds. The number of anilines is 1. The number of hydrogen-bond acceptors (Lipinski definition) is 1. The number of nitrogens with one attached hydrogen (secondary N) is 2. The van der Waals surface area contributed by atoms with Crippen LogP contribution < -0.4 is 10.2 Å². The summed E-state index contributed by atoms with van der Waals surface area (Å²) in [6.07, 6.45) is 2.05. The smallest absolute Gasteiger partial charge is 0.279 e. The van der Waals surface area contributed by atoms with Gasteiger partial charge < -0.3 is 10.2 Å². The van der Waals surface area contributed by atoms with Gasteiger partial charge in [-0.3, -0.25) is 4.79 Å². The van der Waals surface area contributed by atoms with Crippen LogP contribution in [0, 0.1) is 17.5 Å². The Morgan fingerprint density at radius 2 is 1.71 bits per heavy atom. The Morgan fingerprint density at radius 3 is 2.38 bits per heavy atom. The van der Waals surface area contributed by atoms with E-state index in [2.05, 4.69) is 5.32 Å². The first-order valence-electron chi connectivity index (χ1n) is 7.85. The third kappa shape index (κ3) is 4.35. The summed E-state index contributed by atoms with van der Waals surface area (Å²) in [6.45, 7) is 0.738. The van der Waals surface area contributed by atoms with Gasteiger partial charge in [-0.25, -0.2) is 13.2 Å². The summed E-state index contributed by atoms with van der Waals surface area (Å²) < 4.78 is 39.7. The predicted molar refractivity (Wildman–Crippen MR) is 83.9 cm³/mol. The highest BCUT2D eigenvalue weighted by atomic mass is 19.1. The molecule has 1 unspecified atom stereocenters. The van der Waals surface area contributed by atoms with Crippen molar-refractivity contribution in [2.45, 2.75) is 25.4 Å². The summed E-state index contributed by atoms with van der Waals surface area (Å²) >= 11 is 0. The van der Waals surface area contributed by atoms with Gasteiger partial charge in [-0.05, 0) is 24.3 Å². The molecule has 2 aromatic rings. The summed E-state index contributed by atoms with van der Waals surface area (Å²) in [5, 5.41) is 2.42. The maximum atomic E-state index is 13.6. The molecule has 0 heterocycles.